The van der Waals surface area contributed by atoms with Crippen molar-refractivity contribution in [1.82, 2.24) is 0 Å². The maximum Gasteiger partial charge on any atom is -0.0270 e. The summed E-state index contributed by atoms with van der Waals surface area (Å²) >= 11 is 0. The van der Waals surface area contributed by atoms with E-state index >= 15 is 0 Å². The first kappa shape index (κ1) is 8.06. The Kier molecular flexibility index (Phi) is 2.91. The van der Waals surface area contributed by atoms with Crippen LogP contribution in [0.1, 0.15) is 19.8 Å². The van der Waals surface area contributed by atoms with Gasteiger partial charge in [0, 0.05) is 0 Å². The van der Waals surface area contributed by atoms with Crippen molar-refractivity contribution in [3.63, 3.8) is 0 Å². The molecule has 0 amide bonds. The van der Waals surface area contributed by atoms with Gasteiger partial charge in [0.2, 0.25) is 0 Å². The van der Waals surface area contributed by atoms with Gasteiger partial charge in [-0.05, 0) is 30.9 Å². The summed E-state index contributed by atoms with van der Waals surface area (Å²) in [6.07, 6.45) is 12.8. The van der Waals surface area contributed by atoms with Gasteiger partial charge in [-0.2, -0.15) is 0 Å². The molecule has 0 saturated carbocycles. The molecule has 0 atom stereocenters. The minimum atomic E-state index is 1.17. The molecule has 0 unspecified atom stereocenters. The average Bonchev–Trinajstić information content (AvgIpc) is 2.03. The van der Waals surface area contributed by atoms with Crippen LogP contribution in [-0.4, -0.2) is 0 Å². The zero-order valence-electron chi connectivity index (χ0n) is 7.01. The highest BCUT2D eigenvalue weighted by Gasteiger charge is 1.98. The molecule has 0 heterocycles. The second-order valence-corrected chi connectivity index (χ2v) is 2.72. The SMILES string of the molecule is C=C/C=C\C1=CCCC=C1C. The van der Waals surface area contributed by atoms with Gasteiger partial charge < -0.3 is 0 Å². The van der Waals surface area contributed by atoms with Crippen molar-refractivity contribution >= 4 is 0 Å². The molecule has 0 aromatic rings. The lowest BCUT2D eigenvalue weighted by atomic mass is 9.99. The third-order valence-electron chi connectivity index (χ3n) is 1.85. The molecule has 58 valence electrons. The van der Waals surface area contributed by atoms with Crippen LogP contribution in [0.2, 0.25) is 0 Å². The third kappa shape index (κ3) is 2.23. The Bertz CT molecular complexity index is 226. The van der Waals surface area contributed by atoms with Crippen LogP contribution in [-0.2, 0) is 0 Å². The fourth-order valence-corrected chi connectivity index (χ4v) is 1.19. The first-order valence-corrected chi connectivity index (χ1v) is 4.01. The zero-order chi connectivity index (χ0) is 8.10. The van der Waals surface area contributed by atoms with Crippen molar-refractivity contribution in [2.75, 3.05) is 0 Å². The second-order valence-electron chi connectivity index (χ2n) is 2.72. The normalized spacial score (nSPS) is 17.9. The molecule has 0 spiro atoms. The molecule has 0 aromatic heterocycles. The van der Waals surface area contributed by atoms with E-state index in [1.54, 1.807) is 0 Å². The molecule has 0 nitrogen and oxygen atoms in total. The van der Waals surface area contributed by atoms with Crippen molar-refractivity contribution in [3.8, 4) is 0 Å². The first-order valence-electron chi connectivity index (χ1n) is 4.01. The molecule has 0 saturated heterocycles. The van der Waals surface area contributed by atoms with Crippen molar-refractivity contribution < 1.29 is 0 Å². The number of rotatable bonds is 2. The highest BCUT2D eigenvalue weighted by Crippen LogP contribution is 2.18. The van der Waals surface area contributed by atoms with Gasteiger partial charge in [0.1, 0.15) is 0 Å². The Morgan fingerprint density at radius 1 is 1.36 bits per heavy atom. The van der Waals surface area contributed by atoms with Gasteiger partial charge in [0.15, 0.2) is 0 Å². The van der Waals surface area contributed by atoms with Crippen LogP contribution in [0.5, 0.6) is 0 Å². The van der Waals surface area contributed by atoms with Crippen LogP contribution in [0.15, 0.2) is 48.1 Å². The summed E-state index contributed by atoms with van der Waals surface area (Å²) in [5, 5.41) is 0. The van der Waals surface area contributed by atoms with Gasteiger partial charge in [-0.1, -0.05) is 37.0 Å². The van der Waals surface area contributed by atoms with Crippen molar-refractivity contribution in [3.05, 3.63) is 48.1 Å². The summed E-state index contributed by atoms with van der Waals surface area (Å²) in [4.78, 5) is 0. The Morgan fingerprint density at radius 2 is 2.09 bits per heavy atom. The summed E-state index contributed by atoms with van der Waals surface area (Å²) < 4.78 is 0. The molecule has 0 fully saturated rings. The smallest absolute Gasteiger partial charge is 0.0270 e. The highest BCUT2D eigenvalue weighted by molar-refractivity contribution is 5.41. The van der Waals surface area contributed by atoms with E-state index in [9.17, 15) is 0 Å². The molecule has 0 aromatic carbocycles. The highest BCUT2D eigenvalue weighted by atomic mass is 14.0. The van der Waals surface area contributed by atoms with E-state index in [4.69, 9.17) is 0 Å². The van der Waals surface area contributed by atoms with E-state index in [2.05, 4.69) is 31.7 Å². The van der Waals surface area contributed by atoms with Crippen molar-refractivity contribution in [2.24, 2.45) is 0 Å². The Labute approximate surface area is 68.6 Å². The lowest BCUT2D eigenvalue weighted by Gasteiger charge is -2.07. The minimum Gasteiger partial charge on any atom is -0.0991 e. The largest absolute Gasteiger partial charge is 0.0991 e. The topological polar surface area (TPSA) is 0 Å². The first-order chi connectivity index (χ1) is 5.34. The van der Waals surface area contributed by atoms with Gasteiger partial charge >= 0.3 is 0 Å². The van der Waals surface area contributed by atoms with Crippen LogP contribution in [0, 0.1) is 0 Å². The fourth-order valence-electron chi connectivity index (χ4n) is 1.19. The van der Waals surface area contributed by atoms with Gasteiger partial charge in [-0.3, -0.25) is 0 Å². The summed E-state index contributed by atoms with van der Waals surface area (Å²) in [5.41, 5.74) is 2.73. The number of allylic oxidation sites excluding steroid dienone is 7. The van der Waals surface area contributed by atoms with Crippen molar-refractivity contribution in [1.29, 1.82) is 0 Å². The molecule has 1 aliphatic rings. The maximum absolute atomic E-state index is 3.64. The van der Waals surface area contributed by atoms with E-state index in [-0.39, 0.29) is 0 Å². The van der Waals surface area contributed by atoms with Gasteiger partial charge in [-0.25, -0.2) is 0 Å². The van der Waals surface area contributed by atoms with Gasteiger partial charge in [0.05, 0.1) is 0 Å². The quantitative estimate of drug-likeness (QED) is 0.524. The Hall–Kier alpha value is -1.04. The molecule has 0 bridgehead atoms. The standard InChI is InChI=1S/C11H14/c1-3-4-8-11-9-6-5-7-10(11)2/h3-4,7-9H,1,5-6H2,2H3/b8-4-. The summed E-state index contributed by atoms with van der Waals surface area (Å²) in [6, 6.07) is 0. The molecule has 0 aliphatic heterocycles. The molecule has 0 radical (unpaired) electrons. The average molecular weight is 146 g/mol. The molecule has 1 aliphatic carbocycles. The van der Waals surface area contributed by atoms with Crippen LogP contribution in [0.3, 0.4) is 0 Å². The second kappa shape index (κ2) is 3.97. The van der Waals surface area contributed by atoms with Crippen LogP contribution < -0.4 is 0 Å². The van der Waals surface area contributed by atoms with E-state index < -0.39 is 0 Å². The molecule has 0 N–H and O–H groups in total. The monoisotopic (exact) mass is 146 g/mol. The lowest BCUT2D eigenvalue weighted by Crippen LogP contribution is -1.87. The number of hydrogen-bond donors (Lipinski definition) is 0. The van der Waals surface area contributed by atoms with Crippen LogP contribution in [0.25, 0.3) is 0 Å². The molecular weight excluding hydrogens is 132 g/mol. The predicted molar refractivity (Wildman–Crippen MR) is 50.4 cm³/mol. The zero-order valence-corrected chi connectivity index (χ0v) is 7.01. The van der Waals surface area contributed by atoms with Gasteiger partial charge in [-0.15, -0.1) is 0 Å². The summed E-state index contributed by atoms with van der Waals surface area (Å²) in [5.74, 6) is 0. The van der Waals surface area contributed by atoms with Gasteiger partial charge in [0.25, 0.3) is 0 Å². The molecule has 1 rings (SSSR count). The van der Waals surface area contributed by atoms with Crippen molar-refractivity contribution in [2.45, 2.75) is 19.8 Å². The third-order valence-corrected chi connectivity index (χ3v) is 1.85. The summed E-state index contributed by atoms with van der Waals surface area (Å²) in [6.45, 7) is 5.79. The molecule has 11 heavy (non-hydrogen) atoms. The van der Waals surface area contributed by atoms with E-state index in [0.29, 0.717) is 0 Å². The molecule has 0 heteroatoms. The summed E-state index contributed by atoms with van der Waals surface area (Å²) in [7, 11) is 0. The van der Waals surface area contributed by atoms with Crippen LogP contribution in [0.4, 0.5) is 0 Å². The van der Waals surface area contributed by atoms with E-state index in [1.165, 1.54) is 24.0 Å². The fraction of sp³-hybridized carbons (Fsp3) is 0.273. The number of hydrogen-bond acceptors (Lipinski definition) is 0. The maximum atomic E-state index is 3.64. The predicted octanol–water partition coefficient (Wildman–Crippen LogP) is 3.40. The Morgan fingerprint density at radius 3 is 2.73 bits per heavy atom. The lowest BCUT2D eigenvalue weighted by molar-refractivity contribution is 1.00. The van der Waals surface area contributed by atoms with E-state index in [0.717, 1.165) is 0 Å². The Balaban J connectivity index is 2.70. The van der Waals surface area contributed by atoms with Crippen LogP contribution >= 0.6 is 0 Å². The molecular formula is C11H14. The minimum absolute atomic E-state index is 1.17. The van der Waals surface area contributed by atoms with E-state index in [1.807, 2.05) is 12.2 Å².